The molecule has 20 heavy (non-hydrogen) atoms. The highest BCUT2D eigenvalue weighted by Crippen LogP contribution is 2.72. The van der Waals surface area contributed by atoms with Crippen molar-refractivity contribution in [2.75, 3.05) is 7.05 Å². The van der Waals surface area contributed by atoms with Crippen molar-refractivity contribution >= 4 is 11.0 Å². The molecule has 108 valence electrons. The lowest BCUT2D eigenvalue weighted by atomic mass is 10.0. The highest BCUT2D eigenvalue weighted by atomic mass is 16.3. The Morgan fingerprint density at radius 2 is 1.80 bits per heavy atom. The third-order valence-corrected chi connectivity index (χ3v) is 5.84. The Bertz CT molecular complexity index is 636. The van der Waals surface area contributed by atoms with Gasteiger partial charge in [0.05, 0.1) is 6.04 Å². The van der Waals surface area contributed by atoms with Gasteiger partial charge in [0.1, 0.15) is 11.3 Å². The third-order valence-electron chi connectivity index (χ3n) is 5.84. The average molecular weight is 271 g/mol. The van der Waals surface area contributed by atoms with E-state index < -0.39 is 0 Å². The van der Waals surface area contributed by atoms with E-state index in [0.29, 0.717) is 16.7 Å². The molecule has 1 aromatic carbocycles. The normalized spacial score (nSPS) is 22.1. The zero-order valence-electron chi connectivity index (χ0n) is 13.4. The van der Waals surface area contributed by atoms with E-state index >= 15 is 0 Å². The first-order chi connectivity index (χ1) is 9.30. The Hall–Kier alpha value is -1.28. The largest absolute Gasteiger partial charge is 0.459 e. The fourth-order valence-corrected chi connectivity index (χ4v) is 3.94. The van der Waals surface area contributed by atoms with E-state index in [1.54, 1.807) is 0 Å². The fourth-order valence-electron chi connectivity index (χ4n) is 3.94. The SMILES string of the molecule is CNC(c1cc2cccc(C)c2o1)C1C(C)(C)C1(C)C. The molecule has 1 atom stereocenters. The smallest absolute Gasteiger partial charge is 0.137 e. The molecule has 1 aliphatic carbocycles. The Labute approximate surface area is 121 Å². The van der Waals surface area contributed by atoms with E-state index in [-0.39, 0.29) is 6.04 Å². The van der Waals surface area contributed by atoms with Crippen molar-refractivity contribution in [3.8, 4) is 0 Å². The van der Waals surface area contributed by atoms with E-state index in [9.17, 15) is 0 Å². The van der Waals surface area contributed by atoms with Crippen molar-refractivity contribution in [3.63, 3.8) is 0 Å². The number of nitrogens with one attached hydrogen (secondary N) is 1. The molecule has 1 fully saturated rings. The number of hydrogen-bond acceptors (Lipinski definition) is 2. The molecular weight excluding hydrogens is 246 g/mol. The highest BCUT2D eigenvalue weighted by molar-refractivity contribution is 5.81. The first kappa shape index (κ1) is 13.7. The Morgan fingerprint density at radius 3 is 2.30 bits per heavy atom. The monoisotopic (exact) mass is 271 g/mol. The van der Waals surface area contributed by atoms with Gasteiger partial charge in [0.15, 0.2) is 0 Å². The van der Waals surface area contributed by atoms with Crippen LogP contribution in [0.3, 0.4) is 0 Å². The lowest BCUT2D eigenvalue weighted by molar-refractivity contribution is 0.370. The zero-order chi connectivity index (χ0) is 14.7. The summed E-state index contributed by atoms with van der Waals surface area (Å²) in [5, 5.41) is 4.68. The minimum atomic E-state index is 0.284. The molecule has 0 aliphatic heterocycles. The molecule has 2 nitrogen and oxygen atoms in total. The molecule has 1 heterocycles. The average Bonchev–Trinajstić information content (AvgIpc) is 2.72. The van der Waals surface area contributed by atoms with E-state index in [2.05, 4.69) is 64.2 Å². The summed E-state index contributed by atoms with van der Waals surface area (Å²) in [6, 6.07) is 8.82. The first-order valence-corrected chi connectivity index (χ1v) is 7.47. The summed E-state index contributed by atoms with van der Waals surface area (Å²) in [6.45, 7) is 11.5. The van der Waals surface area contributed by atoms with E-state index in [4.69, 9.17) is 4.42 Å². The van der Waals surface area contributed by atoms with Gasteiger partial charge in [-0.2, -0.15) is 0 Å². The van der Waals surface area contributed by atoms with E-state index in [1.165, 1.54) is 10.9 Å². The van der Waals surface area contributed by atoms with Crippen LogP contribution in [0, 0.1) is 23.7 Å². The van der Waals surface area contributed by atoms with Gasteiger partial charge in [-0.3, -0.25) is 0 Å². The lowest BCUT2D eigenvalue weighted by Crippen LogP contribution is -2.20. The van der Waals surface area contributed by atoms with Gasteiger partial charge in [-0.1, -0.05) is 45.9 Å². The maximum atomic E-state index is 6.18. The van der Waals surface area contributed by atoms with Crippen LogP contribution in [0.1, 0.15) is 45.1 Å². The van der Waals surface area contributed by atoms with Gasteiger partial charge in [-0.15, -0.1) is 0 Å². The van der Waals surface area contributed by atoms with Gasteiger partial charge in [-0.25, -0.2) is 0 Å². The summed E-state index contributed by atoms with van der Waals surface area (Å²) in [4.78, 5) is 0. The number of benzene rings is 1. The standard InChI is InChI=1S/C18H25NO/c1-11-8-7-9-12-10-13(20-15(11)12)14(19-6)16-17(2,3)18(16,4)5/h7-10,14,16,19H,1-6H3. The van der Waals surface area contributed by atoms with Crippen LogP contribution in [-0.2, 0) is 0 Å². The van der Waals surface area contributed by atoms with Crippen LogP contribution >= 0.6 is 0 Å². The molecule has 3 rings (SSSR count). The van der Waals surface area contributed by atoms with Crippen molar-refractivity contribution in [1.82, 2.24) is 5.32 Å². The first-order valence-electron chi connectivity index (χ1n) is 7.47. The minimum Gasteiger partial charge on any atom is -0.459 e. The number of rotatable bonds is 3. The molecule has 1 saturated carbocycles. The second-order valence-corrected chi connectivity index (χ2v) is 7.33. The Balaban J connectivity index is 2.03. The van der Waals surface area contributed by atoms with Crippen LogP contribution in [0.25, 0.3) is 11.0 Å². The number of furan rings is 1. The third kappa shape index (κ3) is 1.67. The molecule has 2 aromatic rings. The van der Waals surface area contributed by atoms with Crippen LogP contribution < -0.4 is 5.32 Å². The van der Waals surface area contributed by atoms with Gasteiger partial charge in [0, 0.05) is 5.39 Å². The molecule has 1 unspecified atom stereocenters. The summed E-state index contributed by atoms with van der Waals surface area (Å²) >= 11 is 0. The Kier molecular flexibility index (Phi) is 2.81. The van der Waals surface area contributed by atoms with Crippen LogP contribution in [0.2, 0.25) is 0 Å². The lowest BCUT2D eigenvalue weighted by Gasteiger charge is -2.15. The molecule has 0 amide bonds. The zero-order valence-corrected chi connectivity index (χ0v) is 13.4. The van der Waals surface area contributed by atoms with Crippen LogP contribution in [-0.4, -0.2) is 7.05 Å². The summed E-state index contributed by atoms with van der Waals surface area (Å²) in [7, 11) is 2.04. The van der Waals surface area contributed by atoms with Crippen molar-refractivity contribution < 1.29 is 4.42 Å². The molecule has 0 spiro atoms. The maximum Gasteiger partial charge on any atom is 0.137 e. The van der Waals surface area contributed by atoms with Gasteiger partial charge < -0.3 is 9.73 Å². The summed E-state index contributed by atoms with van der Waals surface area (Å²) < 4.78 is 6.18. The molecule has 1 N–H and O–H groups in total. The quantitative estimate of drug-likeness (QED) is 0.876. The van der Waals surface area contributed by atoms with Gasteiger partial charge >= 0.3 is 0 Å². The van der Waals surface area contributed by atoms with Crippen LogP contribution in [0.15, 0.2) is 28.7 Å². The predicted octanol–water partition coefficient (Wildman–Crippen LogP) is 4.68. The summed E-state index contributed by atoms with van der Waals surface area (Å²) in [6.07, 6.45) is 0. The van der Waals surface area contributed by atoms with Crippen LogP contribution in [0.4, 0.5) is 0 Å². The minimum absolute atomic E-state index is 0.284. The van der Waals surface area contributed by atoms with Crippen molar-refractivity contribution in [2.24, 2.45) is 16.7 Å². The molecule has 1 aliphatic rings. The molecular formula is C18H25NO. The highest BCUT2D eigenvalue weighted by Gasteiger charge is 2.67. The van der Waals surface area contributed by atoms with Gasteiger partial charge in [0.2, 0.25) is 0 Å². The summed E-state index contributed by atoms with van der Waals surface area (Å²) in [5.74, 6) is 1.67. The number of aryl methyl sites for hydroxylation is 1. The Morgan fingerprint density at radius 1 is 1.15 bits per heavy atom. The van der Waals surface area contributed by atoms with Crippen molar-refractivity contribution in [1.29, 1.82) is 0 Å². The molecule has 0 saturated heterocycles. The molecule has 0 bridgehead atoms. The predicted molar refractivity (Wildman–Crippen MR) is 83.8 cm³/mol. The van der Waals surface area contributed by atoms with Crippen molar-refractivity contribution in [3.05, 3.63) is 35.6 Å². The summed E-state index contributed by atoms with van der Waals surface area (Å²) in [5.41, 5.74) is 2.92. The van der Waals surface area contributed by atoms with Crippen LogP contribution in [0.5, 0.6) is 0 Å². The van der Waals surface area contributed by atoms with Gasteiger partial charge in [-0.05, 0) is 42.3 Å². The van der Waals surface area contributed by atoms with E-state index in [1.807, 2.05) is 7.05 Å². The molecule has 2 heteroatoms. The maximum absolute atomic E-state index is 6.18. The molecule has 1 aromatic heterocycles. The second kappa shape index (κ2) is 4.11. The van der Waals surface area contributed by atoms with Crippen molar-refractivity contribution in [2.45, 2.75) is 40.7 Å². The number of fused-ring (bicyclic) bond motifs is 1. The second-order valence-electron chi connectivity index (χ2n) is 7.33. The topological polar surface area (TPSA) is 25.2 Å². The van der Waals surface area contributed by atoms with Gasteiger partial charge in [0.25, 0.3) is 0 Å². The van der Waals surface area contributed by atoms with E-state index in [0.717, 1.165) is 11.3 Å². The number of para-hydroxylation sites is 1. The fraction of sp³-hybridized carbons (Fsp3) is 0.556. The molecule has 0 radical (unpaired) electrons. The number of hydrogen-bond donors (Lipinski definition) is 1.